The minimum Gasteiger partial charge on any atom is -0.494 e. The third-order valence-electron chi connectivity index (χ3n) is 3.50. The van der Waals surface area contributed by atoms with Gasteiger partial charge in [-0.25, -0.2) is 0 Å². The van der Waals surface area contributed by atoms with E-state index >= 15 is 0 Å². The number of ether oxygens (including phenoxy) is 2. The molecule has 100 valence electrons. The molecule has 1 heterocycles. The van der Waals surface area contributed by atoms with Gasteiger partial charge >= 0.3 is 0 Å². The fourth-order valence-corrected chi connectivity index (χ4v) is 2.58. The van der Waals surface area contributed by atoms with E-state index < -0.39 is 0 Å². The van der Waals surface area contributed by atoms with E-state index in [1.165, 1.54) is 5.56 Å². The highest BCUT2D eigenvalue weighted by atomic mass is 16.5. The van der Waals surface area contributed by atoms with Crippen LogP contribution in [0.25, 0.3) is 0 Å². The van der Waals surface area contributed by atoms with Crippen molar-refractivity contribution in [1.29, 1.82) is 0 Å². The Morgan fingerprint density at radius 2 is 2.06 bits per heavy atom. The molecule has 0 radical (unpaired) electrons. The molecule has 1 saturated heterocycles. The van der Waals surface area contributed by atoms with Crippen LogP contribution in [-0.4, -0.2) is 25.9 Å². The molecule has 3 unspecified atom stereocenters. The Balaban J connectivity index is 2.07. The topological polar surface area (TPSA) is 30.5 Å². The molecule has 1 aromatic carbocycles. The van der Waals surface area contributed by atoms with Crippen LogP contribution in [-0.2, 0) is 4.74 Å². The Hall–Kier alpha value is -1.06. The standard InChI is InChI=1S/C15H23NO2/c1-4-17-13-8-6-12(7-9-13)15(16-3)14-10-5-11(2)18-14/h6-9,11,14-16H,4-5,10H2,1-3H3. The Bertz CT molecular complexity index is 363. The zero-order valence-electron chi connectivity index (χ0n) is 11.5. The number of hydrogen-bond donors (Lipinski definition) is 1. The summed E-state index contributed by atoms with van der Waals surface area (Å²) in [6, 6.07) is 8.57. The van der Waals surface area contributed by atoms with Crippen molar-refractivity contribution >= 4 is 0 Å². The van der Waals surface area contributed by atoms with Crippen molar-refractivity contribution in [3.05, 3.63) is 29.8 Å². The molecule has 1 fully saturated rings. The summed E-state index contributed by atoms with van der Waals surface area (Å²) < 4.78 is 11.4. The summed E-state index contributed by atoms with van der Waals surface area (Å²) in [6.07, 6.45) is 2.94. The highest BCUT2D eigenvalue weighted by molar-refractivity contribution is 5.30. The van der Waals surface area contributed by atoms with Crippen LogP contribution < -0.4 is 10.1 Å². The first-order chi connectivity index (χ1) is 8.74. The van der Waals surface area contributed by atoms with Crippen molar-refractivity contribution < 1.29 is 9.47 Å². The van der Waals surface area contributed by atoms with Crippen molar-refractivity contribution in [3.63, 3.8) is 0 Å². The maximum atomic E-state index is 5.95. The first-order valence-corrected chi connectivity index (χ1v) is 6.80. The molecule has 1 N–H and O–H groups in total. The normalized spacial score (nSPS) is 25.1. The molecule has 0 aromatic heterocycles. The first-order valence-electron chi connectivity index (χ1n) is 6.80. The van der Waals surface area contributed by atoms with Gasteiger partial charge in [0.15, 0.2) is 0 Å². The van der Waals surface area contributed by atoms with Gasteiger partial charge in [0.25, 0.3) is 0 Å². The Morgan fingerprint density at radius 3 is 2.56 bits per heavy atom. The molecular weight excluding hydrogens is 226 g/mol. The predicted molar refractivity (Wildman–Crippen MR) is 73.0 cm³/mol. The third-order valence-corrected chi connectivity index (χ3v) is 3.50. The smallest absolute Gasteiger partial charge is 0.119 e. The Kier molecular flexibility index (Phi) is 4.61. The number of rotatable bonds is 5. The number of likely N-dealkylation sites (N-methyl/N-ethyl adjacent to an activating group) is 1. The van der Waals surface area contributed by atoms with E-state index in [-0.39, 0.29) is 12.1 Å². The van der Waals surface area contributed by atoms with E-state index in [0.29, 0.717) is 12.7 Å². The molecule has 0 saturated carbocycles. The van der Waals surface area contributed by atoms with Gasteiger partial charge in [-0.3, -0.25) is 0 Å². The van der Waals surface area contributed by atoms with Gasteiger partial charge < -0.3 is 14.8 Å². The molecule has 3 heteroatoms. The van der Waals surface area contributed by atoms with Crippen LogP contribution in [0.5, 0.6) is 5.75 Å². The molecule has 0 bridgehead atoms. The van der Waals surface area contributed by atoms with Gasteiger partial charge in [0.2, 0.25) is 0 Å². The highest BCUT2D eigenvalue weighted by Crippen LogP contribution is 2.30. The zero-order valence-corrected chi connectivity index (χ0v) is 11.5. The van der Waals surface area contributed by atoms with Gasteiger partial charge in [0.05, 0.1) is 24.9 Å². The monoisotopic (exact) mass is 249 g/mol. The second-order valence-corrected chi connectivity index (χ2v) is 4.83. The van der Waals surface area contributed by atoms with E-state index in [1.807, 2.05) is 26.1 Å². The second kappa shape index (κ2) is 6.21. The van der Waals surface area contributed by atoms with E-state index in [2.05, 4.69) is 24.4 Å². The van der Waals surface area contributed by atoms with Gasteiger partial charge in [-0.15, -0.1) is 0 Å². The van der Waals surface area contributed by atoms with Gasteiger partial charge in [-0.2, -0.15) is 0 Å². The van der Waals surface area contributed by atoms with E-state index in [9.17, 15) is 0 Å². The van der Waals surface area contributed by atoms with E-state index in [1.54, 1.807) is 0 Å². The van der Waals surface area contributed by atoms with Crippen molar-refractivity contribution in [3.8, 4) is 5.75 Å². The lowest BCUT2D eigenvalue weighted by Gasteiger charge is -2.23. The Morgan fingerprint density at radius 1 is 1.33 bits per heavy atom. The predicted octanol–water partition coefficient (Wildman–Crippen LogP) is 2.91. The minimum absolute atomic E-state index is 0.269. The van der Waals surface area contributed by atoms with Gasteiger partial charge in [0, 0.05) is 0 Å². The molecule has 1 aliphatic rings. The van der Waals surface area contributed by atoms with Crippen molar-refractivity contribution in [2.24, 2.45) is 0 Å². The summed E-state index contributed by atoms with van der Waals surface area (Å²) in [4.78, 5) is 0. The molecule has 1 aliphatic heterocycles. The highest BCUT2D eigenvalue weighted by Gasteiger charge is 2.29. The lowest BCUT2D eigenvalue weighted by molar-refractivity contribution is 0.0333. The van der Waals surface area contributed by atoms with Gasteiger partial charge in [-0.05, 0) is 51.4 Å². The fourth-order valence-electron chi connectivity index (χ4n) is 2.58. The molecule has 1 aromatic rings. The lowest BCUT2D eigenvalue weighted by Crippen LogP contribution is -2.29. The average molecular weight is 249 g/mol. The van der Waals surface area contributed by atoms with E-state index in [0.717, 1.165) is 18.6 Å². The van der Waals surface area contributed by atoms with Crippen LogP contribution in [0.4, 0.5) is 0 Å². The molecular formula is C15H23NO2. The fraction of sp³-hybridized carbons (Fsp3) is 0.600. The summed E-state index contributed by atoms with van der Waals surface area (Å²) in [5.41, 5.74) is 1.26. The molecule has 0 amide bonds. The van der Waals surface area contributed by atoms with Crippen LogP contribution in [0.15, 0.2) is 24.3 Å². The summed E-state index contributed by atoms with van der Waals surface area (Å²) in [5, 5.41) is 3.37. The molecule has 2 rings (SSSR count). The van der Waals surface area contributed by atoms with Crippen LogP contribution in [0.2, 0.25) is 0 Å². The van der Waals surface area contributed by atoms with Crippen molar-refractivity contribution in [2.75, 3.05) is 13.7 Å². The van der Waals surface area contributed by atoms with Crippen molar-refractivity contribution in [1.82, 2.24) is 5.32 Å². The third kappa shape index (κ3) is 3.03. The van der Waals surface area contributed by atoms with Crippen LogP contribution in [0.1, 0.15) is 38.3 Å². The minimum atomic E-state index is 0.269. The second-order valence-electron chi connectivity index (χ2n) is 4.83. The SMILES string of the molecule is CCOc1ccc(C(NC)C2CCC(C)O2)cc1. The zero-order chi connectivity index (χ0) is 13.0. The molecule has 18 heavy (non-hydrogen) atoms. The average Bonchev–Trinajstić information content (AvgIpc) is 2.79. The van der Waals surface area contributed by atoms with Crippen LogP contribution in [0.3, 0.4) is 0 Å². The quantitative estimate of drug-likeness (QED) is 0.870. The number of hydrogen-bond acceptors (Lipinski definition) is 3. The maximum Gasteiger partial charge on any atom is 0.119 e. The maximum absolute atomic E-state index is 5.95. The number of benzene rings is 1. The van der Waals surface area contributed by atoms with Crippen LogP contribution >= 0.6 is 0 Å². The van der Waals surface area contributed by atoms with Crippen molar-refractivity contribution in [2.45, 2.75) is 44.9 Å². The summed E-state index contributed by atoms with van der Waals surface area (Å²) in [7, 11) is 1.99. The number of nitrogens with one attached hydrogen (secondary N) is 1. The first kappa shape index (κ1) is 13.4. The largest absolute Gasteiger partial charge is 0.494 e. The molecule has 3 atom stereocenters. The Labute approximate surface area is 109 Å². The summed E-state index contributed by atoms with van der Waals surface area (Å²) in [5.74, 6) is 0.928. The van der Waals surface area contributed by atoms with Gasteiger partial charge in [-0.1, -0.05) is 12.1 Å². The summed E-state index contributed by atoms with van der Waals surface area (Å²) >= 11 is 0. The molecule has 3 nitrogen and oxygen atoms in total. The lowest BCUT2D eigenvalue weighted by atomic mass is 9.99. The summed E-state index contributed by atoms with van der Waals surface area (Å²) in [6.45, 7) is 4.85. The van der Waals surface area contributed by atoms with Crippen LogP contribution in [0, 0.1) is 0 Å². The van der Waals surface area contributed by atoms with Gasteiger partial charge in [0.1, 0.15) is 5.75 Å². The molecule has 0 aliphatic carbocycles. The molecule has 0 spiro atoms. The van der Waals surface area contributed by atoms with E-state index in [4.69, 9.17) is 9.47 Å².